The average molecular weight is 352 g/mol. The van der Waals surface area contributed by atoms with Crippen LogP contribution in [-0.2, 0) is 9.53 Å². The van der Waals surface area contributed by atoms with E-state index in [0.29, 0.717) is 18.5 Å². The largest absolute Gasteiger partial charge is 0.446 e. The normalized spacial score (nSPS) is 27.4. The van der Waals surface area contributed by atoms with Gasteiger partial charge >= 0.3 is 6.09 Å². The first kappa shape index (κ1) is 18.5. The molecule has 142 valence electrons. The Morgan fingerprint density at radius 2 is 1.76 bits per heavy atom. The van der Waals surface area contributed by atoms with E-state index < -0.39 is 0 Å². The Labute approximate surface area is 150 Å². The van der Waals surface area contributed by atoms with E-state index in [1.54, 1.807) is 0 Å². The van der Waals surface area contributed by atoms with Crippen molar-refractivity contribution in [2.45, 2.75) is 57.7 Å². The molecule has 0 bridgehead atoms. The fourth-order valence-corrected chi connectivity index (χ4v) is 4.07. The minimum Gasteiger partial charge on any atom is -0.446 e. The fourth-order valence-electron chi connectivity index (χ4n) is 4.07. The Morgan fingerprint density at radius 1 is 1.08 bits per heavy atom. The van der Waals surface area contributed by atoms with Crippen LogP contribution < -0.4 is 5.32 Å². The number of amides is 2. The molecule has 0 spiro atoms. The van der Waals surface area contributed by atoms with Crippen LogP contribution in [0.3, 0.4) is 0 Å². The van der Waals surface area contributed by atoms with Gasteiger partial charge in [0.15, 0.2) is 0 Å². The first-order valence-electron chi connectivity index (χ1n) is 9.73. The predicted octanol–water partition coefficient (Wildman–Crippen LogP) is 0.892. The van der Waals surface area contributed by atoms with Gasteiger partial charge < -0.3 is 15.0 Å². The van der Waals surface area contributed by atoms with Gasteiger partial charge in [-0.15, -0.1) is 0 Å². The molecule has 7 heteroatoms. The number of rotatable bonds is 3. The van der Waals surface area contributed by atoms with Gasteiger partial charge in [0.25, 0.3) is 0 Å². The number of hydrogen-bond acceptors (Lipinski definition) is 5. The molecule has 7 nitrogen and oxygen atoms in total. The third-order valence-electron chi connectivity index (χ3n) is 5.78. The number of hydrogen-bond donors (Lipinski definition) is 1. The average Bonchev–Trinajstić information content (AvgIpc) is 2.62. The standard InChI is InChI=1S/C18H32N4O3/c1-14(2)20-9-11-22(12-10-20)18(24)25-16-4-7-21(8-5-16)15-3-6-19-17(23)13-15/h14-16H,3-13H2,1-2H3,(H,19,23). The second kappa shape index (κ2) is 8.36. The summed E-state index contributed by atoms with van der Waals surface area (Å²) < 4.78 is 5.75. The van der Waals surface area contributed by atoms with Crippen molar-refractivity contribution in [1.29, 1.82) is 0 Å². The third kappa shape index (κ3) is 4.85. The van der Waals surface area contributed by atoms with Crippen LogP contribution in [0.2, 0.25) is 0 Å². The maximum Gasteiger partial charge on any atom is 0.410 e. The highest BCUT2D eigenvalue weighted by atomic mass is 16.6. The second-order valence-electron chi connectivity index (χ2n) is 7.73. The molecule has 3 saturated heterocycles. The molecule has 0 aromatic rings. The first-order valence-corrected chi connectivity index (χ1v) is 9.73. The van der Waals surface area contributed by atoms with E-state index in [4.69, 9.17) is 4.74 Å². The lowest BCUT2D eigenvalue weighted by Crippen LogP contribution is -2.52. The number of likely N-dealkylation sites (tertiary alicyclic amines) is 1. The zero-order valence-corrected chi connectivity index (χ0v) is 15.6. The molecule has 0 aliphatic carbocycles. The number of carbonyl (C=O) groups excluding carboxylic acids is 2. The number of carbonyl (C=O) groups is 2. The lowest BCUT2D eigenvalue weighted by atomic mass is 9.99. The Bertz CT molecular complexity index is 469. The molecule has 1 N–H and O–H groups in total. The topological polar surface area (TPSA) is 65.1 Å². The molecule has 0 aromatic heterocycles. The number of ether oxygens (including phenoxy) is 1. The Morgan fingerprint density at radius 3 is 2.36 bits per heavy atom. The highest BCUT2D eigenvalue weighted by Crippen LogP contribution is 2.21. The number of nitrogens with one attached hydrogen (secondary N) is 1. The van der Waals surface area contributed by atoms with Gasteiger partial charge in [0.2, 0.25) is 5.91 Å². The lowest BCUT2D eigenvalue weighted by Gasteiger charge is -2.40. The van der Waals surface area contributed by atoms with E-state index in [1.807, 2.05) is 4.90 Å². The summed E-state index contributed by atoms with van der Waals surface area (Å²) in [4.78, 5) is 30.6. The van der Waals surface area contributed by atoms with Crippen LogP contribution in [0.25, 0.3) is 0 Å². The molecule has 0 saturated carbocycles. The summed E-state index contributed by atoms with van der Waals surface area (Å²) in [5.74, 6) is 0.158. The summed E-state index contributed by atoms with van der Waals surface area (Å²) in [5, 5.41) is 2.89. The zero-order chi connectivity index (χ0) is 17.8. The smallest absolute Gasteiger partial charge is 0.410 e. The molecule has 3 heterocycles. The quantitative estimate of drug-likeness (QED) is 0.817. The maximum absolute atomic E-state index is 12.4. The van der Waals surface area contributed by atoms with Gasteiger partial charge in [-0.3, -0.25) is 14.6 Å². The molecule has 0 radical (unpaired) electrons. The molecular formula is C18H32N4O3. The predicted molar refractivity (Wildman–Crippen MR) is 95.4 cm³/mol. The molecule has 3 aliphatic rings. The van der Waals surface area contributed by atoms with Crippen molar-refractivity contribution in [3.05, 3.63) is 0 Å². The molecule has 3 aliphatic heterocycles. The zero-order valence-electron chi connectivity index (χ0n) is 15.6. The van der Waals surface area contributed by atoms with Crippen LogP contribution in [-0.4, -0.2) is 90.7 Å². The molecule has 25 heavy (non-hydrogen) atoms. The highest BCUT2D eigenvalue weighted by Gasteiger charge is 2.31. The lowest BCUT2D eigenvalue weighted by molar-refractivity contribution is -0.124. The van der Waals surface area contributed by atoms with Crippen LogP contribution in [0, 0.1) is 0 Å². The van der Waals surface area contributed by atoms with E-state index in [9.17, 15) is 9.59 Å². The second-order valence-corrected chi connectivity index (χ2v) is 7.73. The summed E-state index contributed by atoms with van der Waals surface area (Å²) in [7, 11) is 0. The van der Waals surface area contributed by atoms with Crippen molar-refractivity contribution in [1.82, 2.24) is 20.0 Å². The number of piperazine rings is 1. The van der Waals surface area contributed by atoms with Gasteiger partial charge in [0.1, 0.15) is 6.10 Å². The summed E-state index contributed by atoms with van der Waals surface area (Å²) in [6, 6.07) is 0.888. The van der Waals surface area contributed by atoms with Crippen LogP contribution in [0.4, 0.5) is 4.79 Å². The van der Waals surface area contributed by atoms with Crippen LogP contribution in [0.1, 0.15) is 39.5 Å². The Balaban J connectivity index is 1.39. The Kier molecular flexibility index (Phi) is 6.17. The van der Waals surface area contributed by atoms with Crippen LogP contribution in [0.15, 0.2) is 0 Å². The third-order valence-corrected chi connectivity index (χ3v) is 5.78. The van der Waals surface area contributed by atoms with E-state index in [-0.39, 0.29) is 18.1 Å². The molecule has 0 aromatic carbocycles. The summed E-state index contributed by atoms with van der Waals surface area (Å²) in [6.45, 7) is 10.4. The van der Waals surface area contributed by atoms with E-state index in [2.05, 4.69) is 29.0 Å². The SMILES string of the molecule is CC(C)N1CCN(C(=O)OC2CCN(C3CCNC(=O)C3)CC2)CC1. The Hall–Kier alpha value is -1.34. The van der Waals surface area contributed by atoms with E-state index >= 15 is 0 Å². The molecule has 1 atom stereocenters. The van der Waals surface area contributed by atoms with Gasteiger partial charge in [-0.1, -0.05) is 0 Å². The minimum absolute atomic E-state index is 0.0179. The monoisotopic (exact) mass is 352 g/mol. The molecular weight excluding hydrogens is 320 g/mol. The molecule has 2 amide bonds. The minimum atomic E-state index is -0.154. The van der Waals surface area contributed by atoms with E-state index in [0.717, 1.165) is 65.1 Å². The van der Waals surface area contributed by atoms with Gasteiger partial charge in [-0.2, -0.15) is 0 Å². The van der Waals surface area contributed by atoms with Crippen molar-refractivity contribution in [2.24, 2.45) is 0 Å². The van der Waals surface area contributed by atoms with Gasteiger partial charge in [-0.05, 0) is 33.1 Å². The van der Waals surface area contributed by atoms with Crippen molar-refractivity contribution >= 4 is 12.0 Å². The van der Waals surface area contributed by atoms with Gasteiger partial charge in [0, 0.05) is 64.3 Å². The van der Waals surface area contributed by atoms with Crippen molar-refractivity contribution in [3.8, 4) is 0 Å². The van der Waals surface area contributed by atoms with Gasteiger partial charge in [0.05, 0.1) is 0 Å². The van der Waals surface area contributed by atoms with E-state index in [1.165, 1.54) is 0 Å². The van der Waals surface area contributed by atoms with Gasteiger partial charge in [-0.25, -0.2) is 4.79 Å². The van der Waals surface area contributed by atoms with Crippen molar-refractivity contribution in [2.75, 3.05) is 45.8 Å². The first-order chi connectivity index (χ1) is 12.0. The van der Waals surface area contributed by atoms with Crippen molar-refractivity contribution < 1.29 is 14.3 Å². The number of piperidine rings is 2. The molecule has 3 fully saturated rings. The molecule has 3 rings (SSSR count). The number of nitrogens with zero attached hydrogens (tertiary/aromatic N) is 3. The van der Waals surface area contributed by atoms with Crippen molar-refractivity contribution in [3.63, 3.8) is 0 Å². The van der Waals surface area contributed by atoms with Crippen LogP contribution >= 0.6 is 0 Å². The molecule has 1 unspecified atom stereocenters. The summed E-state index contributed by atoms with van der Waals surface area (Å²) in [5.41, 5.74) is 0. The fraction of sp³-hybridized carbons (Fsp3) is 0.889. The van der Waals surface area contributed by atoms with Crippen LogP contribution in [0.5, 0.6) is 0 Å². The highest BCUT2D eigenvalue weighted by molar-refractivity contribution is 5.77. The summed E-state index contributed by atoms with van der Waals surface area (Å²) in [6.07, 6.45) is 3.23. The summed E-state index contributed by atoms with van der Waals surface area (Å²) >= 11 is 0. The maximum atomic E-state index is 12.4.